The summed E-state index contributed by atoms with van der Waals surface area (Å²) in [4.78, 5) is 66.6. The highest BCUT2D eigenvalue weighted by Crippen LogP contribution is 2.28. The summed E-state index contributed by atoms with van der Waals surface area (Å²) in [6, 6.07) is 12.9. The Hall–Kier alpha value is -5.20. The van der Waals surface area contributed by atoms with Gasteiger partial charge in [0.25, 0.3) is 11.8 Å². The minimum absolute atomic E-state index is 0.0328. The van der Waals surface area contributed by atoms with Crippen molar-refractivity contribution in [3.63, 3.8) is 0 Å². The lowest BCUT2D eigenvalue weighted by Crippen LogP contribution is -2.58. The Bertz CT molecular complexity index is 1860. The molecule has 4 atom stereocenters. The predicted octanol–water partition coefficient (Wildman–Crippen LogP) is 4.67. The number of fused-ring (bicyclic) bond motifs is 1. The van der Waals surface area contributed by atoms with Crippen LogP contribution in [0.1, 0.15) is 73.9 Å². The van der Waals surface area contributed by atoms with Crippen molar-refractivity contribution < 1.29 is 28.0 Å². The molecule has 2 aromatic carbocycles. The Labute approximate surface area is 296 Å². The molecule has 2 aromatic heterocycles. The molecule has 0 saturated carbocycles. The van der Waals surface area contributed by atoms with E-state index in [2.05, 4.69) is 20.6 Å². The summed E-state index contributed by atoms with van der Waals surface area (Å²) in [6.45, 7) is 9.76. The Kier molecular flexibility index (Phi) is 11.5. The zero-order valence-electron chi connectivity index (χ0n) is 29.6. The fourth-order valence-electron chi connectivity index (χ4n) is 6.18. The summed E-state index contributed by atoms with van der Waals surface area (Å²) < 4.78 is 28.9. The van der Waals surface area contributed by atoms with Crippen molar-refractivity contribution in [2.45, 2.75) is 72.0 Å². The van der Waals surface area contributed by atoms with Gasteiger partial charge in [-0.2, -0.15) is 0 Å². The molecule has 11 nitrogen and oxygen atoms in total. The van der Waals surface area contributed by atoms with E-state index < -0.39 is 35.3 Å². The van der Waals surface area contributed by atoms with Gasteiger partial charge in [-0.15, -0.1) is 0 Å². The highest BCUT2D eigenvalue weighted by Gasteiger charge is 2.44. The van der Waals surface area contributed by atoms with Gasteiger partial charge in [-0.1, -0.05) is 65.0 Å². The van der Waals surface area contributed by atoms with Crippen LogP contribution in [0.2, 0.25) is 0 Å². The molecule has 1 fully saturated rings. The topological polar surface area (TPSA) is 129 Å². The average Bonchev–Trinajstić information content (AvgIpc) is 3.72. The van der Waals surface area contributed by atoms with Crippen molar-refractivity contribution in [1.29, 1.82) is 0 Å². The number of hydrogen-bond acceptors (Lipinski definition) is 6. The summed E-state index contributed by atoms with van der Waals surface area (Å²) in [5, 5.41) is 6.04. The molecule has 3 heterocycles. The molecule has 0 unspecified atom stereocenters. The molecule has 1 aliphatic heterocycles. The van der Waals surface area contributed by atoms with E-state index in [0.29, 0.717) is 24.8 Å². The van der Waals surface area contributed by atoms with Gasteiger partial charge >= 0.3 is 0 Å². The lowest BCUT2D eigenvalue weighted by atomic mass is 9.85. The van der Waals surface area contributed by atoms with Gasteiger partial charge in [0.15, 0.2) is 5.82 Å². The number of hydrogen-bond donors (Lipinski definition) is 2. The number of aromatic nitrogens is 3. The van der Waals surface area contributed by atoms with E-state index in [1.807, 2.05) is 33.8 Å². The van der Waals surface area contributed by atoms with E-state index in [9.17, 15) is 28.0 Å². The second-order valence-electron chi connectivity index (χ2n) is 14.3. The van der Waals surface area contributed by atoms with Crippen molar-refractivity contribution in [2.24, 2.45) is 11.3 Å². The maximum absolute atomic E-state index is 14.5. The van der Waals surface area contributed by atoms with Gasteiger partial charge in [0, 0.05) is 49.6 Å². The number of likely N-dealkylation sites (tertiary alicyclic amines) is 1. The van der Waals surface area contributed by atoms with Gasteiger partial charge in [0.2, 0.25) is 17.6 Å². The quantitative estimate of drug-likeness (QED) is 0.221. The monoisotopic (exact) mass is 701 g/mol. The molecule has 0 aliphatic carbocycles. The first-order chi connectivity index (χ1) is 24.2. The van der Waals surface area contributed by atoms with Crippen LogP contribution in [-0.2, 0) is 16.0 Å². The molecule has 2 N–H and O–H groups in total. The molecule has 1 aliphatic rings. The number of rotatable bonds is 12. The number of nitrogens with zero attached hydrogens (tertiary/aromatic N) is 5. The van der Waals surface area contributed by atoms with E-state index >= 15 is 0 Å². The van der Waals surface area contributed by atoms with Crippen LogP contribution in [0.15, 0.2) is 73.2 Å². The molecule has 51 heavy (non-hydrogen) atoms. The first-order valence-corrected chi connectivity index (χ1v) is 17.2. The van der Waals surface area contributed by atoms with E-state index in [4.69, 9.17) is 0 Å². The van der Waals surface area contributed by atoms with Crippen LogP contribution >= 0.6 is 0 Å². The van der Waals surface area contributed by atoms with Gasteiger partial charge in [-0.05, 0) is 54.5 Å². The van der Waals surface area contributed by atoms with Crippen molar-refractivity contribution >= 4 is 29.4 Å². The summed E-state index contributed by atoms with van der Waals surface area (Å²) in [5.74, 6) is -2.45. The number of halogens is 2. The maximum Gasteiger partial charge on any atom is 0.274 e. The van der Waals surface area contributed by atoms with Gasteiger partial charge in [0.1, 0.15) is 17.6 Å². The Morgan fingerprint density at radius 1 is 1.00 bits per heavy atom. The second kappa shape index (κ2) is 15.8. The van der Waals surface area contributed by atoms with Crippen LogP contribution in [0.4, 0.5) is 8.78 Å². The van der Waals surface area contributed by atoms with E-state index in [-0.39, 0.29) is 60.6 Å². The molecule has 270 valence electrons. The molecule has 1 saturated heterocycles. The maximum atomic E-state index is 14.5. The largest absolute Gasteiger partial charge is 0.347 e. The fraction of sp³-hybridized carbons (Fsp3) is 0.421. The number of benzene rings is 2. The standard InChI is InChI=1S/C38H45F2N7O4/c1-6-24(2)33(48)44-32(38(3,4)5)36(51)47-21-29(42-34(49)26-10-8-7-9-11-26)18-30(47)22-45(17-16-25-12-14-27(39)15-13-25)35(50)31-23-46-20-28(40)19-41-37(46)43-31/h7-15,19-20,23-24,29-30,32H,6,16-18,21-22H2,1-5H3,(H,42,49)(H,44,48)/t24-,29+,30+,32-/m1/s1. The van der Waals surface area contributed by atoms with Crippen LogP contribution in [0.5, 0.6) is 0 Å². The van der Waals surface area contributed by atoms with Crippen LogP contribution < -0.4 is 10.6 Å². The summed E-state index contributed by atoms with van der Waals surface area (Å²) in [6.07, 6.45) is 4.90. The number of carbonyl (C=O) groups is 4. The summed E-state index contributed by atoms with van der Waals surface area (Å²) >= 11 is 0. The number of imidazole rings is 1. The lowest BCUT2D eigenvalue weighted by molar-refractivity contribution is -0.141. The SMILES string of the molecule is CC[C@@H](C)C(=O)N[C@H](C(=O)N1C[C@@H](NC(=O)c2ccccc2)C[C@H]1CN(CCc1ccc(F)cc1)C(=O)c1cn2cc(F)cnc2n1)C(C)(C)C. The van der Waals surface area contributed by atoms with Crippen LogP contribution in [0.3, 0.4) is 0 Å². The Morgan fingerprint density at radius 2 is 1.71 bits per heavy atom. The number of amides is 4. The first kappa shape index (κ1) is 37.1. The lowest BCUT2D eigenvalue weighted by Gasteiger charge is -2.37. The Balaban J connectivity index is 1.47. The van der Waals surface area contributed by atoms with Crippen LogP contribution in [-0.4, -0.2) is 85.6 Å². The summed E-state index contributed by atoms with van der Waals surface area (Å²) in [7, 11) is 0. The van der Waals surface area contributed by atoms with Crippen molar-refractivity contribution in [3.05, 3.63) is 102 Å². The first-order valence-electron chi connectivity index (χ1n) is 17.2. The molecule has 13 heteroatoms. The molecule has 5 rings (SSSR count). The summed E-state index contributed by atoms with van der Waals surface area (Å²) in [5.41, 5.74) is 0.638. The van der Waals surface area contributed by atoms with Crippen molar-refractivity contribution in [1.82, 2.24) is 34.8 Å². The minimum atomic E-state index is -0.882. The normalized spacial score (nSPS) is 17.2. The van der Waals surface area contributed by atoms with Gasteiger partial charge < -0.3 is 20.4 Å². The second-order valence-corrected chi connectivity index (χ2v) is 14.3. The minimum Gasteiger partial charge on any atom is -0.347 e. The molecule has 4 amide bonds. The molecular formula is C38H45F2N7O4. The fourth-order valence-corrected chi connectivity index (χ4v) is 6.18. The van der Waals surface area contributed by atoms with Gasteiger partial charge in [-0.3, -0.25) is 23.6 Å². The molecule has 0 spiro atoms. The third-order valence-electron chi connectivity index (χ3n) is 9.33. The van der Waals surface area contributed by atoms with E-state index in [1.165, 1.54) is 28.9 Å². The third-order valence-corrected chi connectivity index (χ3v) is 9.33. The predicted molar refractivity (Wildman–Crippen MR) is 188 cm³/mol. The number of nitrogens with one attached hydrogen (secondary N) is 2. The van der Waals surface area contributed by atoms with Crippen LogP contribution in [0, 0.1) is 23.0 Å². The molecule has 0 radical (unpaired) electrons. The highest BCUT2D eigenvalue weighted by molar-refractivity contribution is 5.95. The average molecular weight is 702 g/mol. The molecule has 0 bridgehead atoms. The van der Waals surface area contributed by atoms with Crippen molar-refractivity contribution in [2.75, 3.05) is 19.6 Å². The zero-order chi connectivity index (χ0) is 36.9. The van der Waals surface area contributed by atoms with E-state index in [0.717, 1.165) is 11.8 Å². The highest BCUT2D eigenvalue weighted by atomic mass is 19.1. The Morgan fingerprint density at radius 3 is 2.37 bits per heavy atom. The number of carbonyl (C=O) groups excluding carboxylic acids is 4. The smallest absolute Gasteiger partial charge is 0.274 e. The van der Waals surface area contributed by atoms with Crippen LogP contribution in [0.25, 0.3) is 5.78 Å². The molecular weight excluding hydrogens is 656 g/mol. The zero-order valence-corrected chi connectivity index (χ0v) is 29.6. The third kappa shape index (κ3) is 9.13. The van der Waals surface area contributed by atoms with Gasteiger partial charge in [-0.25, -0.2) is 18.7 Å². The van der Waals surface area contributed by atoms with Crippen molar-refractivity contribution in [3.8, 4) is 0 Å². The van der Waals surface area contributed by atoms with E-state index in [1.54, 1.807) is 53.1 Å². The molecule has 4 aromatic rings. The van der Waals surface area contributed by atoms with Gasteiger partial charge in [0.05, 0.1) is 12.2 Å².